The highest BCUT2D eigenvalue weighted by atomic mass is 16.6. The molecule has 42 heavy (non-hydrogen) atoms. The van der Waals surface area contributed by atoms with E-state index >= 15 is 0 Å². The molecule has 216 valence electrons. The lowest BCUT2D eigenvalue weighted by Gasteiger charge is -2.15. The summed E-state index contributed by atoms with van der Waals surface area (Å²) in [5.41, 5.74) is 4.94. The summed E-state index contributed by atoms with van der Waals surface area (Å²) in [7, 11) is 0. The van der Waals surface area contributed by atoms with Crippen LogP contribution < -0.4 is 24.4 Å². The minimum absolute atomic E-state index is 0.128. The van der Waals surface area contributed by atoms with Crippen molar-refractivity contribution in [1.29, 1.82) is 0 Å². The topological polar surface area (TPSA) is 122 Å². The molecule has 0 bridgehead atoms. The molecule has 1 N–H and O–H groups in total. The van der Waals surface area contributed by atoms with Gasteiger partial charge in [-0.25, -0.2) is 5.43 Å². The van der Waals surface area contributed by atoms with Gasteiger partial charge in [-0.05, 0) is 66.9 Å². The SMILES string of the molecule is CCOc1cc(/C=N/NC(=O)c2cccc([N+](=O)[O-])c2)ccc1OCc1ccc(OCc2ccccc2)c(OCC)c1. The van der Waals surface area contributed by atoms with Gasteiger partial charge in [-0.15, -0.1) is 0 Å². The van der Waals surface area contributed by atoms with Crippen LogP contribution in [-0.4, -0.2) is 30.3 Å². The number of ether oxygens (including phenoxy) is 4. The third kappa shape index (κ3) is 8.31. The number of non-ortho nitro benzene ring substituents is 1. The van der Waals surface area contributed by atoms with E-state index in [0.29, 0.717) is 48.4 Å². The highest BCUT2D eigenvalue weighted by Gasteiger charge is 2.12. The van der Waals surface area contributed by atoms with Gasteiger partial charge in [0, 0.05) is 17.7 Å². The molecule has 0 aliphatic carbocycles. The van der Waals surface area contributed by atoms with Crippen molar-refractivity contribution in [2.75, 3.05) is 13.2 Å². The van der Waals surface area contributed by atoms with Crippen LogP contribution in [-0.2, 0) is 13.2 Å². The lowest BCUT2D eigenvalue weighted by atomic mass is 10.2. The van der Waals surface area contributed by atoms with Gasteiger partial charge in [0.05, 0.1) is 24.4 Å². The number of carbonyl (C=O) groups excluding carboxylic acids is 1. The first-order valence-electron chi connectivity index (χ1n) is 13.4. The van der Waals surface area contributed by atoms with E-state index in [2.05, 4.69) is 10.5 Å². The maximum atomic E-state index is 12.3. The summed E-state index contributed by atoms with van der Waals surface area (Å²) < 4.78 is 23.7. The van der Waals surface area contributed by atoms with Gasteiger partial charge in [-0.2, -0.15) is 5.10 Å². The number of hydrogen-bond donors (Lipinski definition) is 1. The minimum atomic E-state index is -0.567. The molecular weight excluding hydrogens is 538 g/mol. The summed E-state index contributed by atoms with van der Waals surface area (Å²) in [6.07, 6.45) is 1.45. The quantitative estimate of drug-likeness (QED) is 0.107. The maximum Gasteiger partial charge on any atom is 0.271 e. The molecule has 0 radical (unpaired) electrons. The molecule has 1 amide bonds. The first kappa shape index (κ1) is 29.6. The van der Waals surface area contributed by atoms with E-state index in [1.165, 1.54) is 30.5 Å². The van der Waals surface area contributed by atoms with Crippen LogP contribution in [0.15, 0.2) is 96.1 Å². The highest BCUT2D eigenvalue weighted by molar-refractivity contribution is 5.95. The Bertz CT molecular complexity index is 1540. The van der Waals surface area contributed by atoms with Gasteiger partial charge in [-0.3, -0.25) is 14.9 Å². The molecule has 0 heterocycles. The summed E-state index contributed by atoms with van der Waals surface area (Å²) in [5.74, 6) is 1.78. The molecule has 10 heteroatoms. The fourth-order valence-electron chi connectivity index (χ4n) is 3.91. The summed E-state index contributed by atoms with van der Waals surface area (Å²) >= 11 is 0. The Balaban J connectivity index is 1.39. The molecule has 0 unspecified atom stereocenters. The Morgan fingerprint density at radius 2 is 1.43 bits per heavy atom. The molecule has 0 aromatic heterocycles. The third-order valence-electron chi connectivity index (χ3n) is 5.91. The van der Waals surface area contributed by atoms with Crippen molar-refractivity contribution in [2.45, 2.75) is 27.1 Å². The number of hydrogen-bond acceptors (Lipinski definition) is 8. The van der Waals surface area contributed by atoms with Crippen molar-refractivity contribution in [1.82, 2.24) is 5.43 Å². The molecule has 0 saturated carbocycles. The van der Waals surface area contributed by atoms with Crippen LogP contribution in [0, 0.1) is 10.1 Å². The first-order valence-corrected chi connectivity index (χ1v) is 13.4. The maximum absolute atomic E-state index is 12.3. The van der Waals surface area contributed by atoms with Crippen molar-refractivity contribution in [3.63, 3.8) is 0 Å². The monoisotopic (exact) mass is 569 g/mol. The largest absolute Gasteiger partial charge is 0.490 e. The summed E-state index contributed by atoms with van der Waals surface area (Å²) in [6.45, 7) is 5.40. The molecule has 0 spiro atoms. The van der Waals surface area contributed by atoms with E-state index in [0.717, 1.165) is 11.1 Å². The smallest absolute Gasteiger partial charge is 0.271 e. The number of nitrogens with zero attached hydrogens (tertiary/aromatic N) is 2. The second-order valence-electron chi connectivity index (χ2n) is 8.92. The van der Waals surface area contributed by atoms with E-state index in [9.17, 15) is 14.9 Å². The summed E-state index contributed by atoms with van der Waals surface area (Å²) in [4.78, 5) is 22.7. The number of benzene rings is 4. The highest BCUT2D eigenvalue weighted by Crippen LogP contribution is 2.32. The van der Waals surface area contributed by atoms with E-state index < -0.39 is 10.8 Å². The first-order chi connectivity index (χ1) is 20.5. The van der Waals surface area contributed by atoms with Gasteiger partial charge in [0.2, 0.25) is 0 Å². The Morgan fingerprint density at radius 3 is 2.12 bits per heavy atom. The van der Waals surface area contributed by atoms with Crippen LogP contribution in [0.4, 0.5) is 5.69 Å². The average molecular weight is 570 g/mol. The van der Waals surface area contributed by atoms with Gasteiger partial charge in [-0.1, -0.05) is 42.5 Å². The number of nitro groups is 1. The second-order valence-corrected chi connectivity index (χ2v) is 8.92. The van der Waals surface area contributed by atoms with Crippen LogP contribution in [0.1, 0.15) is 40.9 Å². The van der Waals surface area contributed by atoms with Crippen molar-refractivity contribution in [3.05, 3.63) is 123 Å². The van der Waals surface area contributed by atoms with Gasteiger partial charge in [0.1, 0.15) is 13.2 Å². The van der Waals surface area contributed by atoms with Crippen LogP contribution in [0.25, 0.3) is 0 Å². The van der Waals surface area contributed by atoms with Gasteiger partial charge < -0.3 is 18.9 Å². The van der Waals surface area contributed by atoms with E-state index in [1.54, 1.807) is 18.2 Å². The third-order valence-corrected chi connectivity index (χ3v) is 5.91. The summed E-state index contributed by atoms with van der Waals surface area (Å²) in [5, 5.41) is 14.9. The van der Waals surface area contributed by atoms with E-state index in [4.69, 9.17) is 18.9 Å². The molecule has 0 atom stereocenters. The average Bonchev–Trinajstić information content (AvgIpc) is 3.01. The molecule has 10 nitrogen and oxygen atoms in total. The van der Waals surface area contributed by atoms with Gasteiger partial charge >= 0.3 is 0 Å². The van der Waals surface area contributed by atoms with Crippen LogP contribution in [0.5, 0.6) is 23.0 Å². The zero-order valence-corrected chi connectivity index (χ0v) is 23.3. The van der Waals surface area contributed by atoms with E-state index in [1.807, 2.05) is 62.4 Å². The fraction of sp³-hybridized carbons (Fsp3) is 0.188. The Labute approximate surface area is 243 Å². The molecule has 4 aromatic rings. The van der Waals surface area contributed by atoms with Crippen molar-refractivity contribution in [3.8, 4) is 23.0 Å². The molecular formula is C32H31N3O7. The lowest BCUT2D eigenvalue weighted by molar-refractivity contribution is -0.384. The second kappa shape index (κ2) is 14.8. The standard InChI is InChI=1S/C32H31N3O7/c1-3-39-30-17-24(20-33-34-32(36)26-11-8-12-27(19-26)35(37)38)13-15-28(30)42-22-25-14-16-29(31(18-25)40-4-2)41-21-23-9-6-5-7-10-23/h5-20H,3-4,21-22H2,1-2H3,(H,34,36)/b33-20+. The minimum Gasteiger partial charge on any atom is -0.490 e. The Kier molecular flexibility index (Phi) is 10.5. The number of carbonyl (C=O) groups is 1. The Morgan fingerprint density at radius 1 is 0.762 bits per heavy atom. The molecule has 4 rings (SSSR count). The molecule has 0 aliphatic heterocycles. The zero-order valence-electron chi connectivity index (χ0n) is 23.3. The van der Waals surface area contributed by atoms with Crippen LogP contribution >= 0.6 is 0 Å². The fourth-order valence-corrected chi connectivity index (χ4v) is 3.91. The molecule has 4 aromatic carbocycles. The zero-order chi connectivity index (χ0) is 29.7. The Hall–Kier alpha value is -5.38. The molecule has 0 saturated heterocycles. The lowest BCUT2D eigenvalue weighted by Crippen LogP contribution is -2.17. The number of amides is 1. The van der Waals surface area contributed by atoms with Crippen LogP contribution in [0.2, 0.25) is 0 Å². The van der Waals surface area contributed by atoms with Crippen molar-refractivity contribution < 1.29 is 28.7 Å². The van der Waals surface area contributed by atoms with Crippen molar-refractivity contribution in [2.24, 2.45) is 5.10 Å². The van der Waals surface area contributed by atoms with Crippen molar-refractivity contribution >= 4 is 17.8 Å². The van der Waals surface area contributed by atoms with E-state index in [-0.39, 0.29) is 17.9 Å². The number of nitro benzene ring substituents is 1. The predicted octanol–water partition coefficient (Wildman–Crippen LogP) is 6.31. The van der Waals surface area contributed by atoms with Gasteiger partial charge in [0.25, 0.3) is 11.6 Å². The number of rotatable bonds is 14. The molecule has 0 aliphatic rings. The predicted molar refractivity (Wildman–Crippen MR) is 158 cm³/mol. The summed E-state index contributed by atoms with van der Waals surface area (Å²) in [6, 6.07) is 26.3. The van der Waals surface area contributed by atoms with Crippen LogP contribution in [0.3, 0.4) is 0 Å². The number of hydrazone groups is 1. The van der Waals surface area contributed by atoms with Gasteiger partial charge in [0.15, 0.2) is 23.0 Å². The molecule has 0 fully saturated rings. The normalized spacial score (nSPS) is 10.7. The number of nitrogens with one attached hydrogen (secondary N) is 1.